The molecule has 18 heavy (non-hydrogen) atoms. The van der Waals surface area contributed by atoms with Crippen molar-refractivity contribution < 1.29 is 14.7 Å². The molecule has 1 rings (SSSR count). The molecule has 0 spiro atoms. The summed E-state index contributed by atoms with van der Waals surface area (Å²) in [5.41, 5.74) is 0. The molecule has 1 aliphatic rings. The lowest BCUT2D eigenvalue weighted by Crippen LogP contribution is -2.50. The van der Waals surface area contributed by atoms with E-state index < -0.39 is 12.0 Å². The van der Waals surface area contributed by atoms with Gasteiger partial charge in [-0.3, -0.25) is 0 Å². The van der Waals surface area contributed by atoms with Crippen LogP contribution < -0.4 is 5.32 Å². The van der Waals surface area contributed by atoms with Crippen molar-refractivity contribution in [2.24, 2.45) is 5.92 Å². The van der Waals surface area contributed by atoms with Crippen molar-refractivity contribution >= 4 is 23.8 Å². The number of likely N-dealkylation sites (tertiary alicyclic amines) is 1. The van der Waals surface area contributed by atoms with Gasteiger partial charge in [-0.2, -0.15) is 11.8 Å². The van der Waals surface area contributed by atoms with Gasteiger partial charge in [0.25, 0.3) is 0 Å². The lowest BCUT2D eigenvalue weighted by molar-refractivity contribution is -0.142. The van der Waals surface area contributed by atoms with Crippen LogP contribution >= 0.6 is 11.8 Å². The Kier molecular flexibility index (Phi) is 5.78. The van der Waals surface area contributed by atoms with Gasteiger partial charge in [-0.1, -0.05) is 13.8 Å². The van der Waals surface area contributed by atoms with Crippen molar-refractivity contribution in [2.75, 3.05) is 18.6 Å². The minimum Gasteiger partial charge on any atom is -0.480 e. The van der Waals surface area contributed by atoms with E-state index in [2.05, 4.69) is 5.32 Å². The van der Waals surface area contributed by atoms with Crippen molar-refractivity contribution in [3.63, 3.8) is 0 Å². The monoisotopic (exact) mass is 274 g/mol. The fraction of sp³-hybridized carbons (Fsp3) is 0.833. The number of rotatable bonds is 5. The second-order valence-corrected chi connectivity index (χ2v) is 5.66. The van der Waals surface area contributed by atoms with Crippen LogP contribution in [0.2, 0.25) is 0 Å². The Balaban J connectivity index is 2.63. The summed E-state index contributed by atoms with van der Waals surface area (Å²) >= 11 is 1.68. The average Bonchev–Trinajstić information content (AvgIpc) is 2.70. The lowest BCUT2D eigenvalue weighted by Gasteiger charge is -2.26. The predicted molar refractivity (Wildman–Crippen MR) is 72.9 cm³/mol. The van der Waals surface area contributed by atoms with Gasteiger partial charge in [0.05, 0.1) is 0 Å². The summed E-state index contributed by atoms with van der Waals surface area (Å²) in [6.07, 6.45) is 3.60. The van der Waals surface area contributed by atoms with E-state index in [0.29, 0.717) is 6.54 Å². The largest absolute Gasteiger partial charge is 0.480 e. The molecule has 104 valence electrons. The zero-order valence-corrected chi connectivity index (χ0v) is 12.0. The van der Waals surface area contributed by atoms with Crippen LogP contribution in [0.4, 0.5) is 4.79 Å². The van der Waals surface area contributed by atoms with Gasteiger partial charge in [0, 0.05) is 18.3 Å². The number of hydrogen-bond acceptors (Lipinski definition) is 3. The summed E-state index contributed by atoms with van der Waals surface area (Å²) in [5, 5.41) is 12.1. The number of carbonyl (C=O) groups is 2. The molecular formula is C12H22N2O3S. The molecular weight excluding hydrogens is 252 g/mol. The number of nitrogens with one attached hydrogen (secondary N) is 1. The Morgan fingerprint density at radius 3 is 2.72 bits per heavy atom. The molecule has 0 bridgehead atoms. The number of carboxylic acid groups (broad SMARTS) is 1. The Bertz CT molecular complexity index is 312. The van der Waals surface area contributed by atoms with Gasteiger partial charge in [-0.25, -0.2) is 9.59 Å². The quantitative estimate of drug-likeness (QED) is 0.799. The molecule has 3 unspecified atom stereocenters. The standard InChI is InChI=1S/C12H22N2O3S/c1-4-9(7-18-3)13-12(17)14-6-5-8(2)10(14)11(15)16/h8-10H,4-7H2,1-3H3,(H,13,17)(H,15,16). The highest BCUT2D eigenvalue weighted by Crippen LogP contribution is 2.24. The predicted octanol–water partition coefficient (Wildman–Crippen LogP) is 1.63. The normalized spacial score (nSPS) is 24.9. The highest BCUT2D eigenvalue weighted by atomic mass is 32.2. The van der Waals surface area contributed by atoms with E-state index in [-0.39, 0.29) is 18.0 Å². The summed E-state index contributed by atoms with van der Waals surface area (Å²) in [4.78, 5) is 24.7. The number of thioether (sulfide) groups is 1. The van der Waals surface area contributed by atoms with Crippen molar-refractivity contribution in [1.82, 2.24) is 10.2 Å². The smallest absolute Gasteiger partial charge is 0.326 e. The zero-order valence-electron chi connectivity index (χ0n) is 11.2. The van der Waals surface area contributed by atoms with Gasteiger partial charge in [-0.05, 0) is 25.0 Å². The number of hydrogen-bond donors (Lipinski definition) is 2. The van der Waals surface area contributed by atoms with E-state index in [0.717, 1.165) is 18.6 Å². The summed E-state index contributed by atoms with van der Waals surface area (Å²) in [5.74, 6) is -0.0365. The van der Waals surface area contributed by atoms with Gasteiger partial charge in [0.2, 0.25) is 0 Å². The summed E-state index contributed by atoms with van der Waals surface area (Å²) in [7, 11) is 0. The molecule has 2 N–H and O–H groups in total. The second kappa shape index (κ2) is 6.87. The van der Waals surface area contributed by atoms with E-state index in [1.807, 2.05) is 20.1 Å². The van der Waals surface area contributed by atoms with Gasteiger partial charge in [-0.15, -0.1) is 0 Å². The molecule has 2 amide bonds. The van der Waals surface area contributed by atoms with Crippen molar-refractivity contribution in [3.05, 3.63) is 0 Å². The molecule has 0 saturated carbocycles. The molecule has 0 aromatic heterocycles. The van der Waals surface area contributed by atoms with Crippen LogP contribution in [0.3, 0.4) is 0 Å². The van der Waals surface area contributed by atoms with Crippen molar-refractivity contribution in [2.45, 2.75) is 38.8 Å². The minimum absolute atomic E-state index is 0.0221. The Labute approximate surface area is 112 Å². The maximum Gasteiger partial charge on any atom is 0.326 e. The minimum atomic E-state index is -0.909. The number of carbonyl (C=O) groups excluding carboxylic acids is 1. The second-order valence-electron chi connectivity index (χ2n) is 4.75. The van der Waals surface area contributed by atoms with Gasteiger partial charge in [0.1, 0.15) is 6.04 Å². The fourth-order valence-corrected chi connectivity index (χ4v) is 2.99. The summed E-state index contributed by atoms with van der Waals surface area (Å²) in [6, 6.07) is -0.817. The topological polar surface area (TPSA) is 69.6 Å². The number of carboxylic acids is 1. The third-order valence-electron chi connectivity index (χ3n) is 3.40. The summed E-state index contributed by atoms with van der Waals surface area (Å²) in [6.45, 7) is 4.42. The van der Waals surface area contributed by atoms with Crippen molar-refractivity contribution in [1.29, 1.82) is 0 Å². The number of amides is 2. The molecule has 6 heteroatoms. The SMILES string of the molecule is CCC(CSC)NC(=O)N1CCC(C)C1C(=O)O. The van der Waals surface area contributed by atoms with Crippen LogP contribution in [-0.4, -0.2) is 52.6 Å². The van der Waals surface area contributed by atoms with Crippen LogP contribution in [0, 0.1) is 5.92 Å². The molecule has 1 saturated heterocycles. The molecule has 3 atom stereocenters. The zero-order chi connectivity index (χ0) is 13.7. The Morgan fingerprint density at radius 2 is 2.22 bits per heavy atom. The summed E-state index contributed by atoms with van der Waals surface area (Å²) < 4.78 is 0. The Hall–Kier alpha value is -0.910. The van der Waals surface area contributed by atoms with Crippen LogP contribution in [-0.2, 0) is 4.79 Å². The van der Waals surface area contributed by atoms with Gasteiger partial charge >= 0.3 is 12.0 Å². The molecule has 0 aliphatic carbocycles. The third-order valence-corrected chi connectivity index (χ3v) is 4.14. The first-order valence-electron chi connectivity index (χ1n) is 6.30. The number of aliphatic carboxylic acids is 1. The van der Waals surface area contributed by atoms with E-state index in [9.17, 15) is 14.7 Å². The van der Waals surface area contributed by atoms with Crippen LogP contribution in [0.25, 0.3) is 0 Å². The third kappa shape index (κ3) is 3.54. The molecule has 0 aromatic rings. The van der Waals surface area contributed by atoms with Crippen LogP contribution in [0.15, 0.2) is 0 Å². The molecule has 1 fully saturated rings. The first-order chi connectivity index (χ1) is 8.51. The molecule has 0 radical (unpaired) electrons. The molecule has 1 aliphatic heterocycles. The van der Waals surface area contributed by atoms with E-state index >= 15 is 0 Å². The average molecular weight is 274 g/mol. The highest BCUT2D eigenvalue weighted by Gasteiger charge is 2.39. The first kappa shape index (κ1) is 15.1. The molecule has 0 aromatic carbocycles. The fourth-order valence-electron chi connectivity index (χ4n) is 2.27. The molecule has 5 nitrogen and oxygen atoms in total. The van der Waals surface area contributed by atoms with E-state index in [4.69, 9.17) is 0 Å². The molecule has 1 heterocycles. The Morgan fingerprint density at radius 1 is 1.56 bits per heavy atom. The maximum absolute atomic E-state index is 12.1. The van der Waals surface area contributed by atoms with E-state index in [1.165, 1.54) is 4.90 Å². The van der Waals surface area contributed by atoms with Crippen molar-refractivity contribution in [3.8, 4) is 0 Å². The van der Waals surface area contributed by atoms with Crippen LogP contribution in [0.5, 0.6) is 0 Å². The lowest BCUT2D eigenvalue weighted by atomic mass is 10.0. The van der Waals surface area contributed by atoms with E-state index in [1.54, 1.807) is 11.8 Å². The number of nitrogens with zero attached hydrogens (tertiary/aromatic N) is 1. The number of urea groups is 1. The van der Waals surface area contributed by atoms with Gasteiger partial charge in [0.15, 0.2) is 0 Å². The maximum atomic E-state index is 12.1. The van der Waals surface area contributed by atoms with Crippen LogP contribution in [0.1, 0.15) is 26.7 Å². The van der Waals surface area contributed by atoms with Gasteiger partial charge < -0.3 is 15.3 Å². The highest BCUT2D eigenvalue weighted by molar-refractivity contribution is 7.98. The first-order valence-corrected chi connectivity index (χ1v) is 7.69.